The summed E-state index contributed by atoms with van der Waals surface area (Å²) in [6.45, 7) is 7.85. The van der Waals surface area contributed by atoms with E-state index in [1.165, 1.54) is 57.8 Å². The van der Waals surface area contributed by atoms with Crippen LogP contribution in [0.4, 0.5) is 0 Å². The summed E-state index contributed by atoms with van der Waals surface area (Å²) >= 11 is 0. The zero-order chi connectivity index (χ0) is 16.8. The van der Waals surface area contributed by atoms with Gasteiger partial charge in [0.1, 0.15) is 0 Å². The monoisotopic (exact) mass is 328 g/mol. The van der Waals surface area contributed by atoms with E-state index in [-0.39, 0.29) is 5.41 Å². The molecule has 0 radical (unpaired) electrons. The van der Waals surface area contributed by atoms with Gasteiger partial charge in [0, 0.05) is 12.0 Å². The Bertz CT molecular complexity index is 447. The lowest BCUT2D eigenvalue weighted by Crippen LogP contribution is -2.37. The van der Waals surface area contributed by atoms with Gasteiger partial charge in [0.25, 0.3) is 0 Å². The summed E-state index contributed by atoms with van der Waals surface area (Å²) in [5.41, 5.74) is 0.274. The molecule has 1 nitrogen and oxygen atoms in total. The number of hydrogen-bond acceptors (Lipinski definition) is 1. The molecule has 0 spiro atoms. The molecule has 0 bridgehead atoms. The van der Waals surface area contributed by atoms with Crippen LogP contribution >= 0.6 is 0 Å². The molecule has 1 unspecified atom stereocenters. The van der Waals surface area contributed by atoms with Gasteiger partial charge in [-0.3, -0.25) is 0 Å². The summed E-state index contributed by atoms with van der Waals surface area (Å²) in [4.78, 5) is 0. The molecule has 0 aliphatic heterocycles. The first-order valence-corrected chi connectivity index (χ1v) is 10.3. The number of rotatable bonds is 6. The van der Waals surface area contributed by atoms with E-state index in [2.05, 4.69) is 43.9 Å². The molecule has 0 aromatic heterocycles. The van der Waals surface area contributed by atoms with Gasteiger partial charge in [-0.2, -0.15) is 0 Å². The Hall–Kier alpha value is -0.820. The molecule has 3 aliphatic rings. The highest BCUT2D eigenvalue weighted by molar-refractivity contribution is 5.18. The van der Waals surface area contributed by atoms with Crippen molar-refractivity contribution in [3.05, 3.63) is 37.0 Å². The minimum atomic E-state index is 0.274. The molecule has 0 aromatic rings. The van der Waals surface area contributed by atoms with Crippen LogP contribution in [0.25, 0.3) is 0 Å². The topological polar surface area (TPSA) is 9.23 Å². The van der Waals surface area contributed by atoms with E-state index in [1.807, 2.05) is 0 Å². The lowest BCUT2D eigenvalue weighted by molar-refractivity contribution is 0.0179. The molecule has 1 heteroatoms. The molecule has 1 atom stereocenters. The Balaban J connectivity index is 1.54. The van der Waals surface area contributed by atoms with Crippen molar-refractivity contribution in [2.75, 3.05) is 13.2 Å². The van der Waals surface area contributed by atoms with Crippen molar-refractivity contribution in [2.24, 2.45) is 29.1 Å². The molecule has 2 fully saturated rings. The summed E-state index contributed by atoms with van der Waals surface area (Å²) in [6.07, 6.45) is 24.0. The predicted molar refractivity (Wildman–Crippen MR) is 103 cm³/mol. The van der Waals surface area contributed by atoms with E-state index in [4.69, 9.17) is 4.74 Å². The Morgan fingerprint density at radius 1 is 1.00 bits per heavy atom. The largest absolute Gasteiger partial charge is 0.381 e. The highest BCUT2D eigenvalue weighted by atomic mass is 16.5. The molecule has 0 N–H and O–H groups in total. The standard InChI is InChI=1S/C23H36O/c1-3-19-8-10-20(11-9-19)21-12-14-22(15-13-21)23(18-24-4-2)16-6-5-7-17-23/h3,5-7,16,19-22H,1,4,8-15,17-18H2,2H3. The fraction of sp³-hybridized carbons (Fsp3) is 0.739. The van der Waals surface area contributed by atoms with Crippen LogP contribution in [-0.2, 0) is 4.74 Å². The minimum Gasteiger partial charge on any atom is -0.381 e. The first-order chi connectivity index (χ1) is 11.8. The molecule has 24 heavy (non-hydrogen) atoms. The number of ether oxygens (including phenoxy) is 1. The maximum Gasteiger partial charge on any atom is 0.0562 e. The van der Waals surface area contributed by atoms with Crippen LogP contribution in [0.3, 0.4) is 0 Å². The Kier molecular flexibility index (Phi) is 6.38. The summed E-state index contributed by atoms with van der Waals surface area (Å²) in [7, 11) is 0. The van der Waals surface area contributed by atoms with E-state index in [1.54, 1.807) is 0 Å². The lowest BCUT2D eigenvalue weighted by atomic mass is 9.62. The molecule has 0 saturated heterocycles. The summed E-state index contributed by atoms with van der Waals surface area (Å²) in [5.74, 6) is 3.59. The highest BCUT2D eigenvalue weighted by Crippen LogP contribution is 2.48. The van der Waals surface area contributed by atoms with Crippen molar-refractivity contribution in [2.45, 2.75) is 64.7 Å². The third-order valence-electron chi connectivity index (χ3n) is 7.15. The maximum absolute atomic E-state index is 5.90. The van der Waals surface area contributed by atoms with Gasteiger partial charge < -0.3 is 4.74 Å². The van der Waals surface area contributed by atoms with Crippen molar-refractivity contribution in [3.63, 3.8) is 0 Å². The second-order valence-electron chi connectivity index (χ2n) is 8.38. The van der Waals surface area contributed by atoms with Crippen LogP contribution < -0.4 is 0 Å². The predicted octanol–water partition coefficient (Wildman–Crippen LogP) is 6.32. The van der Waals surface area contributed by atoms with Crippen molar-refractivity contribution in [1.82, 2.24) is 0 Å². The third-order valence-corrected chi connectivity index (χ3v) is 7.15. The number of allylic oxidation sites excluding steroid dienone is 4. The van der Waals surface area contributed by atoms with Crippen molar-refractivity contribution in [3.8, 4) is 0 Å². The van der Waals surface area contributed by atoms with E-state index >= 15 is 0 Å². The quantitative estimate of drug-likeness (QED) is 0.518. The van der Waals surface area contributed by atoms with Crippen LogP contribution in [0.15, 0.2) is 37.0 Å². The first kappa shape index (κ1) is 18.0. The normalized spacial score (nSPS) is 39.7. The minimum absolute atomic E-state index is 0.274. The summed E-state index contributed by atoms with van der Waals surface area (Å²) in [5, 5.41) is 0. The van der Waals surface area contributed by atoms with Crippen molar-refractivity contribution < 1.29 is 4.74 Å². The summed E-state index contributed by atoms with van der Waals surface area (Å²) < 4.78 is 5.90. The molecule has 2 saturated carbocycles. The van der Waals surface area contributed by atoms with Crippen LogP contribution in [0.1, 0.15) is 64.7 Å². The Morgan fingerprint density at radius 3 is 2.21 bits per heavy atom. The number of hydrogen-bond donors (Lipinski definition) is 0. The highest BCUT2D eigenvalue weighted by Gasteiger charge is 2.40. The zero-order valence-corrected chi connectivity index (χ0v) is 15.6. The van der Waals surface area contributed by atoms with Gasteiger partial charge >= 0.3 is 0 Å². The van der Waals surface area contributed by atoms with Crippen molar-refractivity contribution in [1.29, 1.82) is 0 Å². The van der Waals surface area contributed by atoms with Gasteiger partial charge in [-0.1, -0.05) is 30.4 Å². The maximum atomic E-state index is 5.90. The molecule has 0 heterocycles. The van der Waals surface area contributed by atoms with Gasteiger partial charge in [-0.05, 0) is 88.4 Å². The first-order valence-electron chi connectivity index (χ1n) is 10.3. The van der Waals surface area contributed by atoms with E-state index in [9.17, 15) is 0 Å². The fourth-order valence-corrected chi connectivity index (χ4v) is 5.52. The second-order valence-corrected chi connectivity index (χ2v) is 8.38. The summed E-state index contributed by atoms with van der Waals surface area (Å²) in [6, 6.07) is 0. The molecular formula is C23H36O. The smallest absolute Gasteiger partial charge is 0.0562 e. The Morgan fingerprint density at radius 2 is 1.67 bits per heavy atom. The SMILES string of the molecule is C=CC1CCC(C2CCC(C3(COCC)C=CC=CC3)CC2)CC1. The van der Waals surface area contributed by atoms with Gasteiger partial charge in [-0.25, -0.2) is 0 Å². The Labute approximate surface area is 149 Å². The van der Waals surface area contributed by atoms with E-state index in [0.717, 1.165) is 36.9 Å². The molecule has 134 valence electrons. The molecular weight excluding hydrogens is 292 g/mol. The van der Waals surface area contributed by atoms with Gasteiger partial charge in [0.15, 0.2) is 0 Å². The third kappa shape index (κ3) is 4.04. The molecule has 0 aromatic carbocycles. The van der Waals surface area contributed by atoms with E-state index in [0.29, 0.717) is 0 Å². The molecule has 3 aliphatic carbocycles. The van der Waals surface area contributed by atoms with Gasteiger partial charge in [0.05, 0.1) is 6.61 Å². The van der Waals surface area contributed by atoms with Crippen LogP contribution in [0, 0.1) is 29.1 Å². The molecule has 0 amide bonds. The average Bonchev–Trinajstić information content (AvgIpc) is 2.67. The van der Waals surface area contributed by atoms with Gasteiger partial charge in [-0.15, -0.1) is 6.58 Å². The van der Waals surface area contributed by atoms with Crippen LogP contribution in [-0.4, -0.2) is 13.2 Å². The fourth-order valence-electron chi connectivity index (χ4n) is 5.52. The lowest BCUT2D eigenvalue weighted by Gasteiger charge is -2.44. The van der Waals surface area contributed by atoms with Gasteiger partial charge in [0.2, 0.25) is 0 Å². The molecule has 3 rings (SSSR count). The van der Waals surface area contributed by atoms with Crippen LogP contribution in [0.2, 0.25) is 0 Å². The second kappa shape index (κ2) is 8.52. The zero-order valence-electron chi connectivity index (χ0n) is 15.6. The van der Waals surface area contributed by atoms with Crippen LogP contribution in [0.5, 0.6) is 0 Å². The van der Waals surface area contributed by atoms with E-state index < -0.39 is 0 Å². The van der Waals surface area contributed by atoms with Crippen molar-refractivity contribution >= 4 is 0 Å². The average molecular weight is 329 g/mol.